The van der Waals surface area contributed by atoms with Crippen LogP contribution in [0.25, 0.3) is 11.3 Å². The fraction of sp³-hybridized carbons (Fsp3) is 0.118. The molecule has 6 heteroatoms. The maximum Gasteiger partial charge on any atom is 0.226 e. The lowest BCUT2D eigenvalue weighted by atomic mass is 10.1. The summed E-state index contributed by atoms with van der Waals surface area (Å²) in [5.74, 6) is -0.0306. The van der Waals surface area contributed by atoms with E-state index in [1.165, 1.54) is 16.9 Å². The van der Waals surface area contributed by atoms with E-state index in [1.807, 2.05) is 29.0 Å². The van der Waals surface area contributed by atoms with Crippen LogP contribution in [0.15, 0.2) is 46.5 Å². The van der Waals surface area contributed by atoms with E-state index in [9.17, 15) is 4.79 Å². The number of amides is 1. The second-order valence-corrected chi connectivity index (χ2v) is 6.54. The molecule has 0 saturated carbocycles. The van der Waals surface area contributed by atoms with Crippen LogP contribution in [0.4, 0.5) is 5.13 Å². The van der Waals surface area contributed by atoms with Gasteiger partial charge in [-0.2, -0.15) is 16.6 Å². The van der Waals surface area contributed by atoms with E-state index in [2.05, 4.69) is 21.8 Å². The average Bonchev–Trinajstić information content (AvgIpc) is 3.25. The zero-order valence-corrected chi connectivity index (χ0v) is 13.8. The Labute approximate surface area is 142 Å². The number of nitrogens with one attached hydrogen (secondary N) is 1. The Bertz CT molecular complexity index is 830. The molecule has 0 radical (unpaired) electrons. The molecule has 3 aromatic rings. The molecule has 23 heavy (non-hydrogen) atoms. The van der Waals surface area contributed by atoms with Crippen molar-refractivity contribution in [2.24, 2.45) is 0 Å². The number of nitrogens with zero attached hydrogens (tertiary/aromatic N) is 2. The molecule has 2 aromatic heterocycles. The number of thiazole rings is 1. The van der Waals surface area contributed by atoms with E-state index in [-0.39, 0.29) is 5.91 Å². The fourth-order valence-corrected chi connectivity index (χ4v) is 3.49. The number of carbonyl (C=O) groups is 1. The predicted molar refractivity (Wildman–Crippen MR) is 93.5 cm³/mol. The molecule has 1 N–H and O–H groups in total. The van der Waals surface area contributed by atoms with E-state index in [0.717, 1.165) is 17.7 Å². The van der Waals surface area contributed by atoms with Crippen LogP contribution in [-0.4, -0.2) is 10.9 Å². The van der Waals surface area contributed by atoms with Gasteiger partial charge in [-0.25, -0.2) is 4.98 Å². The Morgan fingerprint density at radius 3 is 2.74 bits per heavy atom. The first-order chi connectivity index (χ1) is 11.2. The van der Waals surface area contributed by atoms with Gasteiger partial charge in [0.05, 0.1) is 17.3 Å². The summed E-state index contributed by atoms with van der Waals surface area (Å²) < 4.78 is 0. The van der Waals surface area contributed by atoms with Crippen molar-refractivity contribution < 1.29 is 4.79 Å². The summed E-state index contributed by atoms with van der Waals surface area (Å²) in [6.45, 7) is 0. The van der Waals surface area contributed by atoms with E-state index in [0.29, 0.717) is 17.1 Å². The van der Waals surface area contributed by atoms with Crippen LogP contribution in [0, 0.1) is 11.3 Å². The SMILES string of the molecule is N#Cc1ccc(-c2csc(NC(=O)CCc3ccsc3)n2)cc1. The van der Waals surface area contributed by atoms with Crippen molar-refractivity contribution in [3.8, 4) is 17.3 Å². The minimum Gasteiger partial charge on any atom is -0.302 e. The number of hydrogen-bond donors (Lipinski definition) is 1. The van der Waals surface area contributed by atoms with Crippen LogP contribution in [0.1, 0.15) is 17.5 Å². The summed E-state index contributed by atoms with van der Waals surface area (Å²) in [7, 11) is 0. The van der Waals surface area contributed by atoms with Gasteiger partial charge in [-0.15, -0.1) is 11.3 Å². The maximum absolute atomic E-state index is 12.0. The Morgan fingerprint density at radius 2 is 2.04 bits per heavy atom. The molecular formula is C17H13N3OS2. The van der Waals surface area contributed by atoms with Gasteiger partial charge in [0, 0.05) is 17.4 Å². The molecule has 0 fully saturated rings. The number of carbonyl (C=O) groups excluding carboxylic acids is 1. The Morgan fingerprint density at radius 1 is 1.22 bits per heavy atom. The number of nitriles is 1. The Kier molecular flexibility index (Phi) is 4.81. The fourth-order valence-electron chi connectivity index (χ4n) is 2.05. The third kappa shape index (κ3) is 4.03. The average molecular weight is 339 g/mol. The molecule has 0 aliphatic rings. The first-order valence-electron chi connectivity index (χ1n) is 7.01. The van der Waals surface area contributed by atoms with Crippen LogP contribution >= 0.6 is 22.7 Å². The molecule has 3 rings (SSSR count). The molecule has 0 atom stereocenters. The van der Waals surface area contributed by atoms with Crippen molar-refractivity contribution >= 4 is 33.7 Å². The lowest BCUT2D eigenvalue weighted by Gasteiger charge is -2.00. The van der Waals surface area contributed by atoms with Gasteiger partial charge >= 0.3 is 0 Å². The summed E-state index contributed by atoms with van der Waals surface area (Å²) in [6, 6.07) is 11.3. The highest BCUT2D eigenvalue weighted by atomic mass is 32.1. The lowest BCUT2D eigenvalue weighted by molar-refractivity contribution is -0.116. The van der Waals surface area contributed by atoms with Crippen LogP contribution < -0.4 is 5.32 Å². The molecule has 0 spiro atoms. The van der Waals surface area contributed by atoms with Crippen LogP contribution in [0.5, 0.6) is 0 Å². The van der Waals surface area contributed by atoms with E-state index >= 15 is 0 Å². The molecule has 2 heterocycles. The number of anilines is 1. The van der Waals surface area contributed by atoms with Crippen molar-refractivity contribution in [3.63, 3.8) is 0 Å². The first kappa shape index (κ1) is 15.4. The third-order valence-corrected chi connectivity index (χ3v) is 4.77. The van der Waals surface area contributed by atoms with Gasteiger partial charge < -0.3 is 5.32 Å². The molecule has 0 bridgehead atoms. The molecular weight excluding hydrogens is 326 g/mol. The second kappa shape index (κ2) is 7.18. The quantitative estimate of drug-likeness (QED) is 0.753. The molecule has 114 valence electrons. The summed E-state index contributed by atoms with van der Waals surface area (Å²) >= 11 is 3.04. The van der Waals surface area contributed by atoms with Crippen LogP contribution in [0.3, 0.4) is 0 Å². The zero-order valence-electron chi connectivity index (χ0n) is 12.2. The van der Waals surface area contributed by atoms with Gasteiger partial charge in [0.1, 0.15) is 0 Å². The number of hydrogen-bond acceptors (Lipinski definition) is 5. The van der Waals surface area contributed by atoms with Gasteiger partial charge in [-0.3, -0.25) is 4.79 Å². The second-order valence-electron chi connectivity index (χ2n) is 4.91. The molecule has 0 aliphatic carbocycles. The number of benzene rings is 1. The van der Waals surface area contributed by atoms with Crippen molar-refractivity contribution in [1.82, 2.24) is 4.98 Å². The van der Waals surface area contributed by atoms with Gasteiger partial charge in [-0.05, 0) is 40.9 Å². The largest absolute Gasteiger partial charge is 0.302 e. The van der Waals surface area contributed by atoms with Crippen molar-refractivity contribution in [2.45, 2.75) is 12.8 Å². The number of aromatic nitrogens is 1. The zero-order chi connectivity index (χ0) is 16.1. The summed E-state index contributed by atoms with van der Waals surface area (Å²) in [4.78, 5) is 16.4. The molecule has 0 aliphatic heterocycles. The molecule has 0 saturated heterocycles. The van der Waals surface area contributed by atoms with Gasteiger partial charge in [0.15, 0.2) is 5.13 Å². The van der Waals surface area contributed by atoms with Crippen molar-refractivity contribution in [1.29, 1.82) is 5.26 Å². The van der Waals surface area contributed by atoms with Gasteiger partial charge in [0.25, 0.3) is 0 Å². The molecule has 0 unspecified atom stereocenters. The van der Waals surface area contributed by atoms with E-state index in [4.69, 9.17) is 5.26 Å². The van der Waals surface area contributed by atoms with Crippen LogP contribution in [0.2, 0.25) is 0 Å². The number of aryl methyl sites for hydroxylation is 1. The lowest BCUT2D eigenvalue weighted by Crippen LogP contribution is -2.11. The topological polar surface area (TPSA) is 65.8 Å². The Balaban J connectivity index is 1.60. The van der Waals surface area contributed by atoms with Gasteiger partial charge in [-0.1, -0.05) is 12.1 Å². The molecule has 1 aromatic carbocycles. The highest BCUT2D eigenvalue weighted by molar-refractivity contribution is 7.14. The summed E-state index contributed by atoms with van der Waals surface area (Å²) in [5.41, 5.74) is 3.53. The highest BCUT2D eigenvalue weighted by Crippen LogP contribution is 2.25. The summed E-state index contributed by atoms with van der Waals surface area (Å²) in [5, 5.41) is 18.2. The van der Waals surface area contributed by atoms with Crippen molar-refractivity contribution in [3.05, 3.63) is 57.6 Å². The van der Waals surface area contributed by atoms with E-state index < -0.39 is 0 Å². The van der Waals surface area contributed by atoms with E-state index in [1.54, 1.807) is 23.5 Å². The maximum atomic E-state index is 12.0. The Hall–Kier alpha value is -2.49. The minimum absolute atomic E-state index is 0.0306. The minimum atomic E-state index is -0.0306. The van der Waals surface area contributed by atoms with Gasteiger partial charge in [0.2, 0.25) is 5.91 Å². The third-order valence-electron chi connectivity index (χ3n) is 3.28. The summed E-state index contributed by atoms with van der Waals surface area (Å²) in [6.07, 6.45) is 1.19. The normalized spacial score (nSPS) is 10.2. The number of thiophene rings is 1. The van der Waals surface area contributed by atoms with Crippen LogP contribution in [-0.2, 0) is 11.2 Å². The highest BCUT2D eigenvalue weighted by Gasteiger charge is 2.08. The van der Waals surface area contributed by atoms with Crippen molar-refractivity contribution in [2.75, 3.05) is 5.32 Å². The predicted octanol–water partition coefficient (Wildman–Crippen LogP) is 4.31. The smallest absolute Gasteiger partial charge is 0.226 e. The monoisotopic (exact) mass is 339 g/mol. The molecule has 1 amide bonds. The standard InChI is InChI=1S/C17H13N3OS2/c18-9-12-1-4-14(5-2-12)15-11-23-17(19-15)20-16(21)6-3-13-7-8-22-10-13/h1-2,4-5,7-8,10-11H,3,6H2,(H,19,20,21). The number of rotatable bonds is 5. The first-order valence-corrected chi connectivity index (χ1v) is 8.84. The molecule has 4 nitrogen and oxygen atoms in total.